The second kappa shape index (κ2) is 9.02. The summed E-state index contributed by atoms with van der Waals surface area (Å²) < 4.78 is 10.7. The third kappa shape index (κ3) is 6.29. The first kappa shape index (κ1) is 14.0. The Kier molecular flexibility index (Phi) is 7.43. The highest BCUT2D eigenvalue weighted by atomic mass is 16.5. The molecule has 0 amide bonds. The molecular weight excluding hydrogens is 214 g/mol. The van der Waals surface area contributed by atoms with Gasteiger partial charge in [-0.05, 0) is 31.5 Å². The third-order valence-corrected chi connectivity index (χ3v) is 2.63. The van der Waals surface area contributed by atoms with Crippen molar-refractivity contribution in [1.29, 1.82) is 0 Å². The SMILES string of the molecule is CCC(COC)NCCCOc1ccccc1. The van der Waals surface area contributed by atoms with Crippen molar-refractivity contribution in [1.82, 2.24) is 5.32 Å². The van der Waals surface area contributed by atoms with E-state index in [1.807, 2.05) is 30.3 Å². The van der Waals surface area contributed by atoms with Crippen LogP contribution >= 0.6 is 0 Å². The topological polar surface area (TPSA) is 30.5 Å². The third-order valence-electron chi connectivity index (χ3n) is 2.63. The lowest BCUT2D eigenvalue weighted by Crippen LogP contribution is -2.33. The first-order valence-electron chi connectivity index (χ1n) is 6.27. The maximum Gasteiger partial charge on any atom is 0.119 e. The Balaban J connectivity index is 2.04. The van der Waals surface area contributed by atoms with E-state index in [1.165, 1.54) is 0 Å². The monoisotopic (exact) mass is 237 g/mol. The maximum absolute atomic E-state index is 5.61. The Hall–Kier alpha value is -1.06. The molecule has 0 aromatic heterocycles. The molecule has 0 bridgehead atoms. The maximum atomic E-state index is 5.61. The molecular formula is C14H23NO2. The largest absolute Gasteiger partial charge is 0.494 e. The summed E-state index contributed by atoms with van der Waals surface area (Å²) in [5.41, 5.74) is 0. The molecule has 0 radical (unpaired) electrons. The number of hydrogen-bond donors (Lipinski definition) is 1. The molecule has 17 heavy (non-hydrogen) atoms. The van der Waals surface area contributed by atoms with Crippen LogP contribution in [0.4, 0.5) is 0 Å². The molecule has 0 aliphatic carbocycles. The highest BCUT2D eigenvalue weighted by molar-refractivity contribution is 5.20. The zero-order valence-electron chi connectivity index (χ0n) is 10.8. The van der Waals surface area contributed by atoms with Crippen LogP contribution in [-0.4, -0.2) is 32.9 Å². The van der Waals surface area contributed by atoms with E-state index in [9.17, 15) is 0 Å². The highest BCUT2D eigenvalue weighted by Gasteiger charge is 2.03. The summed E-state index contributed by atoms with van der Waals surface area (Å²) in [6.07, 6.45) is 2.10. The van der Waals surface area contributed by atoms with Gasteiger partial charge in [0.2, 0.25) is 0 Å². The van der Waals surface area contributed by atoms with Gasteiger partial charge in [0.25, 0.3) is 0 Å². The number of para-hydroxylation sites is 1. The quantitative estimate of drug-likeness (QED) is 0.669. The Morgan fingerprint density at radius 1 is 1.24 bits per heavy atom. The molecule has 1 aromatic rings. The van der Waals surface area contributed by atoms with E-state index in [0.29, 0.717) is 6.04 Å². The zero-order valence-corrected chi connectivity index (χ0v) is 10.8. The first-order chi connectivity index (χ1) is 8.36. The average Bonchev–Trinajstić information content (AvgIpc) is 2.38. The summed E-state index contributed by atoms with van der Waals surface area (Å²) in [5, 5.41) is 3.45. The lowest BCUT2D eigenvalue weighted by atomic mass is 10.2. The molecule has 0 aliphatic heterocycles. The van der Waals surface area contributed by atoms with Crippen molar-refractivity contribution in [3.63, 3.8) is 0 Å². The molecule has 96 valence electrons. The molecule has 0 aliphatic rings. The van der Waals surface area contributed by atoms with Gasteiger partial charge in [-0.1, -0.05) is 25.1 Å². The van der Waals surface area contributed by atoms with E-state index in [4.69, 9.17) is 9.47 Å². The summed E-state index contributed by atoms with van der Waals surface area (Å²) in [5.74, 6) is 0.941. The van der Waals surface area contributed by atoms with Crippen LogP contribution in [0.5, 0.6) is 5.75 Å². The molecule has 0 saturated heterocycles. The number of ether oxygens (including phenoxy) is 2. The van der Waals surface area contributed by atoms with E-state index in [0.717, 1.165) is 38.3 Å². The van der Waals surface area contributed by atoms with E-state index in [-0.39, 0.29) is 0 Å². The van der Waals surface area contributed by atoms with Crippen molar-refractivity contribution in [2.45, 2.75) is 25.8 Å². The molecule has 0 saturated carbocycles. The molecule has 0 heterocycles. The van der Waals surface area contributed by atoms with Crippen molar-refractivity contribution in [2.24, 2.45) is 0 Å². The van der Waals surface area contributed by atoms with Crippen LogP contribution in [0, 0.1) is 0 Å². The standard InChI is InChI=1S/C14H23NO2/c1-3-13(12-16-2)15-10-7-11-17-14-8-5-4-6-9-14/h4-6,8-9,13,15H,3,7,10-12H2,1-2H3. The normalized spacial score (nSPS) is 12.4. The van der Waals surface area contributed by atoms with Gasteiger partial charge in [0.15, 0.2) is 0 Å². The molecule has 1 unspecified atom stereocenters. The van der Waals surface area contributed by atoms with Gasteiger partial charge in [-0.25, -0.2) is 0 Å². The van der Waals surface area contributed by atoms with Gasteiger partial charge in [-0.3, -0.25) is 0 Å². The Labute approximate surface area is 104 Å². The van der Waals surface area contributed by atoms with Crippen LogP contribution in [0.2, 0.25) is 0 Å². The zero-order chi connectivity index (χ0) is 12.3. The molecule has 1 rings (SSSR count). The van der Waals surface area contributed by atoms with Gasteiger partial charge >= 0.3 is 0 Å². The van der Waals surface area contributed by atoms with Gasteiger partial charge in [-0.15, -0.1) is 0 Å². The van der Waals surface area contributed by atoms with Crippen molar-refractivity contribution < 1.29 is 9.47 Å². The Morgan fingerprint density at radius 2 is 2.00 bits per heavy atom. The predicted octanol–water partition coefficient (Wildman–Crippen LogP) is 2.47. The van der Waals surface area contributed by atoms with Crippen molar-refractivity contribution in [3.8, 4) is 5.75 Å². The number of rotatable bonds is 9. The summed E-state index contributed by atoms with van der Waals surface area (Å²) in [4.78, 5) is 0. The number of benzene rings is 1. The van der Waals surface area contributed by atoms with Crippen LogP contribution < -0.4 is 10.1 Å². The first-order valence-corrected chi connectivity index (χ1v) is 6.27. The van der Waals surface area contributed by atoms with E-state index in [1.54, 1.807) is 7.11 Å². The fourth-order valence-electron chi connectivity index (χ4n) is 1.61. The lowest BCUT2D eigenvalue weighted by Gasteiger charge is -2.15. The minimum absolute atomic E-state index is 0.455. The highest BCUT2D eigenvalue weighted by Crippen LogP contribution is 2.08. The minimum Gasteiger partial charge on any atom is -0.494 e. The molecule has 1 N–H and O–H groups in total. The van der Waals surface area contributed by atoms with Crippen LogP contribution in [0.25, 0.3) is 0 Å². The smallest absolute Gasteiger partial charge is 0.119 e. The second-order valence-corrected chi connectivity index (χ2v) is 4.03. The summed E-state index contributed by atoms with van der Waals surface area (Å²) in [6, 6.07) is 10.4. The average molecular weight is 237 g/mol. The van der Waals surface area contributed by atoms with Gasteiger partial charge in [0.05, 0.1) is 13.2 Å². The van der Waals surface area contributed by atoms with Gasteiger partial charge in [-0.2, -0.15) is 0 Å². The predicted molar refractivity (Wildman–Crippen MR) is 70.5 cm³/mol. The van der Waals surface area contributed by atoms with Crippen molar-refractivity contribution in [3.05, 3.63) is 30.3 Å². The molecule has 1 aromatic carbocycles. The number of methoxy groups -OCH3 is 1. The van der Waals surface area contributed by atoms with E-state index >= 15 is 0 Å². The fourth-order valence-corrected chi connectivity index (χ4v) is 1.61. The van der Waals surface area contributed by atoms with E-state index in [2.05, 4.69) is 12.2 Å². The fraction of sp³-hybridized carbons (Fsp3) is 0.571. The lowest BCUT2D eigenvalue weighted by molar-refractivity contribution is 0.163. The Bertz CT molecular complexity index is 277. The van der Waals surface area contributed by atoms with E-state index < -0.39 is 0 Å². The minimum atomic E-state index is 0.455. The summed E-state index contributed by atoms with van der Waals surface area (Å²) in [6.45, 7) is 4.66. The van der Waals surface area contributed by atoms with Crippen LogP contribution in [-0.2, 0) is 4.74 Å². The molecule has 0 fully saturated rings. The summed E-state index contributed by atoms with van der Waals surface area (Å²) in [7, 11) is 1.74. The molecule has 0 spiro atoms. The van der Waals surface area contributed by atoms with Gasteiger partial charge in [0, 0.05) is 13.2 Å². The Morgan fingerprint density at radius 3 is 2.65 bits per heavy atom. The van der Waals surface area contributed by atoms with Crippen LogP contribution in [0.15, 0.2) is 30.3 Å². The molecule has 1 atom stereocenters. The van der Waals surface area contributed by atoms with Crippen molar-refractivity contribution in [2.75, 3.05) is 26.9 Å². The van der Waals surface area contributed by atoms with Gasteiger partial charge in [0.1, 0.15) is 5.75 Å². The second-order valence-electron chi connectivity index (χ2n) is 4.03. The van der Waals surface area contributed by atoms with Crippen LogP contribution in [0.1, 0.15) is 19.8 Å². The van der Waals surface area contributed by atoms with Gasteiger partial charge < -0.3 is 14.8 Å². The van der Waals surface area contributed by atoms with Crippen molar-refractivity contribution >= 4 is 0 Å². The van der Waals surface area contributed by atoms with Crippen LogP contribution in [0.3, 0.4) is 0 Å². The molecule has 3 heteroatoms. The summed E-state index contributed by atoms with van der Waals surface area (Å²) >= 11 is 0. The number of hydrogen-bond acceptors (Lipinski definition) is 3. The number of nitrogens with one attached hydrogen (secondary N) is 1. The molecule has 3 nitrogen and oxygen atoms in total.